The van der Waals surface area contributed by atoms with Gasteiger partial charge in [0.15, 0.2) is 0 Å². The predicted octanol–water partition coefficient (Wildman–Crippen LogP) is 3.67. The number of carbonyl (C=O) groups is 1. The minimum atomic E-state index is -0.462. The number of hydrogen-bond donors (Lipinski definition) is 2. The molecule has 1 aromatic carbocycles. The number of amides is 1. The van der Waals surface area contributed by atoms with Gasteiger partial charge in [-0.05, 0) is 38.8 Å². The van der Waals surface area contributed by atoms with Crippen molar-refractivity contribution in [3.8, 4) is 5.75 Å². The number of aryl methyl sites for hydroxylation is 2. The van der Waals surface area contributed by atoms with Gasteiger partial charge in [0.1, 0.15) is 24.0 Å². The van der Waals surface area contributed by atoms with Gasteiger partial charge in [0.05, 0.1) is 34.4 Å². The Morgan fingerprint density at radius 2 is 2.03 bits per heavy atom. The minimum Gasteiger partial charge on any atom is -0.491 e. The molecule has 1 aliphatic carbocycles. The molecule has 7 nitrogen and oxygen atoms in total. The van der Waals surface area contributed by atoms with Crippen LogP contribution in [0.3, 0.4) is 0 Å². The number of nitrogens with one attached hydrogen (secondary N) is 2. The predicted molar refractivity (Wildman–Crippen MR) is 120 cm³/mol. The minimum absolute atomic E-state index is 0.160. The molecule has 2 N–H and O–H groups in total. The van der Waals surface area contributed by atoms with E-state index in [1.165, 1.54) is 37.5 Å². The number of benzene rings is 1. The molecule has 0 bridgehead atoms. The topological polar surface area (TPSA) is 91.2 Å². The highest BCUT2D eigenvalue weighted by molar-refractivity contribution is 6.31. The van der Waals surface area contributed by atoms with Gasteiger partial charge in [-0.25, -0.2) is 14.4 Å². The van der Waals surface area contributed by atoms with Crippen molar-refractivity contribution in [2.24, 2.45) is 0 Å². The van der Waals surface area contributed by atoms with Crippen LogP contribution in [0, 0.1) is 25.1 Å². The average Bonchev–Trinajstić information content (AvgIpc) is 3.11. The molecule has 1 saturated heterocycles. The van der Waals surface area contributed by atoms with E-state index in [-0.39, 0.29) is 30.3 Å². The SMILES string of the molecule is Cc1nc(C2CN(C(=O)c3ccc(F)cc3OCCNC3CCC3)CC2=N)nc(C)c1Cl. The number of likely N-dealkylation sites (tertiary alicyclic amines) is 1. The van der Waals surface area contributed by atoms with Crippen molar-refractivity contribution in [3.63, 3.8) is 0 Å². The van der Waals surface area contributed by atoms with Gasteiger partial charge in [-0.3, -0.25) is 4.79 Å². The van der Waals surface area contributed by atoms with Crippen LogP contribution in [0.4, 0.5) is 4.39 Å². The molecule has 1 atom stereocenters. The number of hydrogen-bond acceptors (Lipinski definition) is 6. The third kappa shape index (κ3) is 4.76. The first-order valence-corrected chi connectivity index (χ1v) is 11.2. The van der Waals surface area contributed by atoms with E-state index in [0.29, 0.717) is 47.1 Å². The van der Waals surface area contributed by atoms with Crippen LogP contribution in [0.15, 0.2) is 18.2 Å². The van der Waals surface area contributed by atoms with Crippen LogP contribution in [0.25, 0.3) is 0 Å². The summed E-state index contributed by atoms with van der Waals surface area (Å²) in [6, 6.07) is 4.46. The summed E-state index contributed by atoms with van der Waals surface area (Å²) in [6.07, 6.45) is 3.58. The third-order valence-electron chi connectivity index (χ3n) is 6.06. The van der Waals surface area contributed by atoms with Gasteiger partial charge in [-0.15, -0.1) is 0 Å². The maximum Gasteiger partial charge on any atom is 0.257 e. The Hall–Kier alpha value is -2.58. The largest absolute Gasteiger partial charge is 0.491 e. The Balaban J connectivity index is 1.46. The van der Waals surface area contributed by atoms with Crippen molar-refractivity contribution < 1.29 is 13.9 Å². The zero-order valence-corrected chi connectivity index (χ0v) is 19.0. The number of carbonyl (C=O) groups excluding carboxylic acids is 1. The van der Waals surface area contributed by atoms with Crippen LogP contribution in [0.2, 0.25) is 5.02 Å². The van der Waals surface area contributed by atoms with E-state index in [0.717, 1.165) is 0 Å². The highest BCUT2D eigenvalue weighted by Crippen LogP contribution is 2.29. The molecule has 2 aromatic rings. The molecule has 32 heavy (non-hydrogen) atoms. The molecular weight excluding hydrogens is 433 g/mol. The van der Waals surface area contributed by atoms with Gasteiger partial charge >= 0.3 is 0 Å². The molecule has 1 saturated carbocycles. The Kier molecular flexibility index (Phi) is 6.71. The van der Waals surface area contributed by atoms with E-state index in [1.807, 2.05) is 0 Å². The van der Waals surface area contributed by atoms with E-state index >= 15 is 0 Å². The lowest BCUT2D eigenvalue weighted by Gasteiger charge is -2.26. The molecule has 2 aliphatic rings. The van der Waals surface area contributed by atoms with E-state index in [4.69, 9.17) is 21.7 Å². The van der Waals surface area contributed by atoms with Gasteiger partial charge in [-0.1, -0.05) is 18.0 Å². The highest BCUT2D eigenvalue weighted by atomic mass is 35.5. The standard InChI is InChI=1S/C23H27ClFN5O2/c1-13-21(24)14(2)29-22(28-13)18-11-30(12-19(18)26)23(31)17-7-6-15(25)10-20(17)32-9-8-27-16-4-3-5-16/h6-7,10,16,18,26-27H,3-5,8-9,11-12H2,1-2H3. The molecule has 9 heteroatoms. The summed E-state index contributed by atoms with van der Waals surface area (Å²) in [5.41, 5.74) is 1.94. The summed E-state index contributed by atoms with van der Waals surface area (Å²) in [6.45, 7) is 5.01. The van der Waals surface area contributed by atoms with Crippen molar-refractivity contribution in [2.45, 2.75) is 45.1 Å². The van der Waals surface area contributed by atoms with Crippen LogP contribution in [0.1, 0.15) is 52.8 Å². The Morgan fingerprint density at radius 1 is 1.31 bits per heavy atom. The molecule has 1 aliphatic heterocycles. The first-order valence-electron chi connectivity index (χ1n) is 10.9. The number of ether oxygens (including phenoxy) is 1. The average molecular weight is 460 g/mol. The van der Waals surface area contributed by atoms with Crippen molar-refractivity contribution in [1.82, 2.24) is 20.2 Å². The fourth-order valence-electron chi connectivity index (χ4n) is 3.99. The molecule has 0 radical (unpaired) electrons. The summed E-state index contributed by atoms with van der Waals surface area (Å²) in [4.78, 5) is 23.7. The summed E-state index contributed by atoms with van der Waals surface area (Å²) in [5, 5.41) is 12.3. The lowest BCUT2D eigenvalue weighted by Crippen LogP contribution is -2.37. The fraction of sp³-hybridized carbons (Fsp3) is 0.478. The highest BCUT2D eigenvalue weighted by Gasteiger charge is 2.35. The molecular formula is C23H27ClFN5O2. The van der Waals surface area contributed by atoms with Crippen molar-refractivity contribution in [3.05, 3.63) is 51.8 Å². The number of nitrogens with zero attached hydrogens (tertiary/aromatic N) is 3. The monoisotopic (exact) mass is 459 g/mol. The second-order valence-corrected chi connectivity index (χ2v) is 8.78. The molecule has 170 valence electrons. The van der Waals surface area contributed by atoms with Gasteiger partial charge in [0.2, 0.25) is 0 Å². The molecule has 2 fully saturated rings. The van der Waals surface area contributed by atoms with Crippen LogP contribution >= 0.6 is 11.6 Å². The quantitative estimate of drug-likeness (QED) is 0.616. The van der Waals surface area contributed by atoms with Crippen molar-refractivity contribution >= 4 is 23.2 Å². The first-order chi connectivity index (χ1) is 15.3. The first kappa shape index (κ1) is 22.6. The molecule has 1 amide bonds. The lowest BCUT2D eigenvalue weighted by atomic mass is 9.93. The summed E-state index contributed by atoms with van der Waals surface area (Å²) in [7, 11) is 0. The van der Waals surface area contributed by atoms with Crippen molar-refractivity contribution in [1.29, 1.82) is 5.41 Å². The maximum atomic E-state index is 13.9. The van der Waals surface area contributed by atoms with Gasteiger partial charge in [-0.2, -0.15) is 0 Å². The summed E-state index contributed by atoms with van der Waals surface area (Å²) < 4.78 is 19.6. The fourth-order valence-corrected chi connectivity index (χ4v) is 4.07. The second kappa shape index (κ2) is 9.50. The van der Waals surface area contributed by atoms with Crippen LogP contribution in [-0.2, 0) is 0 Å². The van der Waals surface area contributed by atoms with Crippen LogP contribution in [0.5, 0.6) is 5.75 Å². The summed E-state index contributed by atoms with van der Waals surface area (Å²) >= 11 is 6.17. The Bertz CT molecular complexity index is 1020. The number of halogens is 2. The molecule has 4 rings (SSSR count). The van der Waals surface area contributed by atoms with E-state index in [2.05, 4.69) is 15.3 Å². The van der Waals surface area contributed by atoms with Gasteiger partial charge < -0.3 is 20.4 Å². The van der Waals surface area contributed by atoms with E-state index < -0.39 is 11.7 Å². The normalized spacial score (nSPS) is 18.7. The second-order valence-electron chi connectivity index (χ2n) is 8.40. The number of aromatic nitrogens is 2. The van der Waals surface area contributed by atoms with Crippen LogP contribution < -0.4 is 10.1 Å². The molecule has 0 spiro atoms. The Labute approximate surface area is 191 Å². The Morgan fingerprint density at radius 3 is 2.69 bits per heavy atom. The molecule has 1 aromatic heterocycles. The van der Waals surface area contributed by atoms with Crippen LogP contribution in [-0.4, -0.2) is 58.8 Å². The van der Waals surface area contributed by atoms with E-state index in [9.17, 15) is 9.18 Å². The maximum absolute atomic E-state index is 13.9. The zero-order valence-electron chi connectivity index (χ0n) is 18.3. The van der Waals surface area contributed by atoms with Gasteiger partial charge in [0.25, 0.3) is 5.91 Å². The smallest absolute Gasteiger partial charge is 0.257 e. The van der Waals surface area contributed by atoms with Gasteiger partial charge in [0, 0.05) is 30.9 Å². The van der Waals surface area contributed by atoms with Crippen molar-refractivity contribution in [2.75, 3.05) is 26.2 Å². The lowest BCUT2D eigenvalue weighted by molar-refractivity contribution is 0.0790. The summed E-state index contributed by atoms with van der Waals surface area (Å²) in [5.74, 6) is -0.458. The zero-order chi connectivity index (χ0) is 22.8. The van der Waals surface area contributed by atoms with E-state index in [1.54, 1.807) is 18.7 Å². The molecule has 2 heterocycles. The third-order valence-corrected chi connectivity index (χ3v) is 6.60. The molecule has 1 unspecified atom stereocenters. The number of rotatable bonds is 7.